The maximum absolute atomic E-state index is 10.8. The maximum Gasteiger partial charge on any atom is 0.221 e. The Morgan fingerprint density at radius 1 is 1.36 bits per heavy atom. The van der Waals surface area contributed by atoms with E-state index < -0.39 is 0 Å². The first-order valence-corrected chi connectivity index (χ1v) is 5.09. The van der Waals surface area contributed by atoms with E-state index in [2.05, 4.69) is 12.2 Å². The molecule has 0 spiro atoms. The van der Waals surface area contributed by atoms with E-state index in [9.17, 15) is 4.79 Å². The predicted octanol–water partition coefficient (Wildman–Crippen LogP) is 3.48. The molecule has 14 heavy (non-hydrogen) atoms. The fraction of sp³-hybridized carbons (Fsp3) is 0.417. The first-order chi connectivity index (χ1) is 6.74. The molecule has 0 heterocycles. The summed E-state index contributed by atoms with van der Waals surface area (Å²) < 4.78 is 0. The molecule has 0 atom stereocenters. The summed E-state index contributed by atoms with van der Waals surface area (Å²) >= 11 is 0. The Balaban J connectivity index is 0. The molecule has 1 rings (SSSR count). The molecule has 1 amide bonds. The van der Waals surface area contributed by atoms with Gasteiger partial charge in [-0.05, 0) is 18.1 Å². The molecule has 80 valence electrons. The van der Waals surface area contributed by atoms with Gasteiger partial charge < -0.3 is 5.32 Å². The number of benzene rings is 1. The van der Waals surface area contributed by atoms with Crippen LogP contribution in [0.15, 0.2) is 24.3 Å². The highest BCUT2D eigenvalue weighted by Crippen LogP contribution is 2.14. The molecule has 0 aliphatic heterocycles. The van der Waals surface area contributed by atoms with Crippen LogP contribution >= 0.6 is 0 Å². The highest BCUT2D eigenvalue weighted by molar-refractivity contribution is 5.89. The number of nitrogens with one attached hydrogen (secondary N) is 1. The SMILES string of the molecule is CC.CCc1ccccc1NC(C)=O.[HH]. The second kappa shape index (κ2) is 7.13. The van der Waals surface area contributed by atoms with Gasteiger partial charge in [0.2, 0.25) is 5.91 Å². The van der Waals surface area contributed by atoms with Gasteiger partial charge in [-0.2, -0.15) is 0 Å². The van der Waals surface area contributed by atoms with Gasteiger partial charge in [0.05, 0.1) is 0 Å². The number of carbonyl (C=O) groups is 1. The number of hydrogen-bond donors (Lipinski definition) is 1. The molecule has 1 aromatic carbocycles. The Morgan fingerprint density at radius 3 is 2.43 bits per heavy atom. The summed E-state index contributed by atoms with van der Waals surface area (Å²) in [5.74, 6) is -0.0177. The van der Waals surface area contributed by atoms with E-state index >= 15 is 0 Å². The molecule has 0 saturated heterocycles. The zero-order chi connectivity index (χ0) is 11.0. The quantitative estimate of drug-likeness (QED) is 0.769. The van der Waals surface area contributed by atoms with Crippen molar-refractivity contribution < 1.29 is 6.22 Å². The van der Waals surface area contributed by atoms with Crippen LogP contribution in [0.1, 0.15) is 34.7 Å². The van der Waals surface area contributed by atoms with Gasteiger partial charge in [0.1, 0.15) is 0 Å². The number of anilines is 1. The van der Waals surface area contributed by atoms with Crippen molar-refractivity contribution >= 4 is 11.6 Å². The smallest absolute Gasteiger partial charge is 0.221 e. The Bertz CT molecular complexity index is 287. The van der Waals surface area contributed by atoms with Crippen LogP contribution in [0.5, 0.6) is 0 Å². The van der Waals surface area contributed by atoms with E-state index in [1.807, 2.05) is 38.1 Å². The van der Waals surface area contributed by atoms with Crippen molar-refractivity contribution in [2.24, 2.45) is 0 Å². The summed E-state index contributed by atoms with van der Waals surface area (Å²) in [6, 6.07) is 7.83. The Kier molecular flexibility index (Phi) is 6.46. The largest absolute Gasteiger partial charge is 0.326 e. The summed E-state index contributed by atoms with van der Waals surface area (Å²) in [4.78, 5) is 10.8. The number of carbonyl (C=O) groups excluding carboxylic acids is 1. The molecule has 2 nitrogen and oxygen atoms in total. The lowest BCUT2D eigenvalue weighted by Crippen LogP contribution is -2.07. The summed E-state index contributed by atoms with van der Waals surface area (Å²) in [5.41, 5.74) is 2.10. The summed E-state index contributed by atoms with van der Waals surface area (Å²) in [6.07, 6.45) is 0.941. The molecule has 0 radical (unpaired) electrons. The first-order valence-electron chi connectivity index (χ1n) is 5.09. The molecule has 0 aromatic heterocycles. The molecular formula is C12H21NO. The molecule has 0 fully saturated rings. The third kappa shape index (κ3) is 4.08. The fourth-order valence-electron chi connectivity index (χ4n) is 1.14. The zero-order valence-electron chi connectivity index (χ0n) is 9.42. The van der Waals surface area contributed by atoms with Crippen molar-refractivity contribution in [3.63, 3.8) is 0 Å². The molecule has 0 aliphatic carbocycles. The lowest BCUT2D eigenvalue weighted by Gasteiger charge is -2.06. The van der Waals surface area contributed by atoms with Gasteiger partial charge in [-0.15, -0.1) is 0 Å². The lowest BCUT2D eigenvalue weighted by molar-refractivity contribution is -0.114. The van der Waals surface area contributed by atoms with Crippen LogP contribution in [-0.4, -0.2) is 5.91 Å². The molecule has 2 heteroatoms. The third-order valence-corrected chi connectivity index (χ3v) is 1.71. The molecular weight excluding hydrogens is 174 g/mol. The van der Waals surface area contributed by atoms with Crippen LogP contribution < -0.4 is 5.32 Å². The molecule has 0 bridgehead atoms. The monoisotopic (exact) mass is 195 g/mol. The second-order valence-electron chi connectivity index (χ2n) is 2.69. The van der Waals surface area contributed by atoms with Gasteiger partial charge in [0.25, 0.3) is 0 Å². The second-order valence-corrected chi connectivity index (χ2v) is 2.69. The van der Waals surface area contributed by atoms with Gasteiger partial charge in [-0.1, -0.05) is 39.0 Å². The lowest BCUT2D eigenvalue weighted by atomic mass is 10.1. The molecule has 0 saturated carbocycles. The van der Waals surface area contributed by atoms with Gasteiger partial charge in [-0.3, -0.25) is 4.79 Å². The van der Waals surface area contributed by atoms with E-state index in [0.29, 0.717) is 0 Å². The van der Waals surface area contributed by atoms with Crippen molar-refractivity contribution in [1.29, 1.82) is 0 Å². The summed E-state index contributed by atoms with van der Waals surface area (Å²) in [6.45, 7) is 7.59. The van der Waals surface area contributed by atoms with Crippen LogP contribution in [0, 0.1) is 0 Å². The Morgan fingerprint density at radius 2 is 1.93 bits per heavy atom. The van der Waals surface area contributed by atoms with Crippen molar-refractivity contribution in [3.8, 4) is 0 Å². The summed E-state index contributed by atoms with van der Waals surface area (Å²) in [5, 5.41) is 2.79. The molecule has 0 aliphatic rings. The van der Waals surface area contributed by atoms with Crippen molar-refractivity contribution in [2.75, 3.05) is 5.32 Å². The average molecular weight is 195 g/mol. The number of para-hydroxylation sites is 1. The van der Waals surface area contributed by atoms with Crippen molar-refractivity contribution in [3.05, 3.63) is 29.8 Å². The molecule has 1 N–H and O–H groups in total. The Hall–Kier alpha value is -1.31. The van der Waals surface area contributed by atoms with Crippen LogP contribution in [0.2, 0.25) is 0 Å². The van der Waals surface area contributed by atoms with Gasteiger partial charge in [0.15, 0.2) is 0 Å². The van der Waals surface area contributed by atoms with Gasteiger partial charge >= 0.3 is 0 Å². The van der Waals surface area contributed by atoms with Crippen molar-refractivity contribution in [1.82, 2.24) is 0 Å². The maximum atomic E-state index is 10.8. The molecule has 0 unspecified atom stereocenters. The van der Waals surface area contributed by atoms with E-state index in [1.165, 1.54) is 12.5 Å². The van der Waals surface area contributed by atoms with E-state index in [4.69, 9.17) is 0 Å². The highest BCUT2D eigenvalue weighted by atomic mass is 16.1. The van der Waals surface area contributed by atoms with Crippen LogP contribution in [0.25, 0.3) is 0 Å². The fourth-order valence-corrected chi connectivity index (χ4v) is 1.14. The van der Waals surface area contributed by atoms with E-state index in [-0.39, 0.29) is 7.33 Å². The van der Waals surface area contributed by atoms with E-state index in [0.717, 1.165) is 12.1 Å². The predicted molar refractivity (Wildman–Crippen MR) is 63.6 cm³/mol. The first kappa shape index (κ1) is 12.7. The minimum Gasteiger partial charge on any atom is -0.326 e. The van der Waals surface area contributed by atoms with Crippen molar-refractivity contribution in [2.45, 2.75) is 34.1 Å². The summed E-state index contributed by atoms with van der Waals surface area (Å²) in [7, 11) is 0. The normalized spacial score (nSPS) is 8.57. The highest BCUT2D eigenvalue weighted by Gasteiger charge is 1.99. The van der Waals surface area contributed by atoms with Crippen LogP contribution in [0.3, 0.4) is 0 Å². The number of hydrogen-bond acceptors (Lipinski definition) is 1. The number of amides is 1. The van der Waals surface area contributed by atoms with Gasteiger partial charge in [-0.25, -0.2) is 0 Å². The molecule has 1 aromatic rings. The number of rotatable bonds is 2. The van der Waals surface area contributed by atoms with Crippen LogP contribution in [0.4, 0.5) is 5.69 Å². The standard InChI is InChI=1S/C10H13NO.C2H6.H2/c1-3-9-6-4-5-7-10(9)11-8(2)12;1-2;/h4-7H,3H2,1-2H3,(H,11,12);1-2H3;1H. The zero-order valence-corrected chi connectivity index (χ0v) is 9.42. The average Bonchev–Trinajstić information content (AvgIpc) is 2.21. The van der Waals surface area contributed by atoms with Gasteiger partial charge in [0, 0.05) is 14.0 Å². The Labute approximate surface area is 87.8 Å². The minimum atomic E-state index is -0.0177. The number of aryl methyl sites for hydroxylation is 1. The van der Waals surface area contributed by atoms with E-state index in [1.54, 1.807) is 0 Å². The van der Waals surface area contributed by atoms with Crippen LogP contribution in [-0.2, 0) is 11.2 Å². The topological polar surface area (TPSA) is 29.1 Å². The minimum absolute atomic E-state index is 0. The third-order valence-electron chi connectivity index (χ3n) is 1.71.